The number of benzene rings is 1. The largest absolute Gasteiger partial charge is 0.475 e. The Balaban J connectivity index is 2.52. The molecule has 0 unspecified atom stereocenters. The number of hydrogen-bond donors (Lipinski definition) is 1. The first kappa shape index (κ1) is 14.6. The van der Waals surface area contributed by atoms with Crippen molar-refractivity contribution in [2.45, 2.75) is 27.2 Å². The molecule has 0 aliphatic rings. The Labute approximate surface area is 122 Å². The number of carboxylic acid groups (broad SMARTS) is 1. The quantitative estimate of drug-likeness (QED) is 0.917. The van der Waals surface area contributed by atoms with Crippen molar-refractivity contribution in [3.63, 3.8) is 0 Å². The molecule has 0 amide bonds. The van der Waals surface area contributed by atoms with E-state index < -0.39 is 5.97 Å². The molecule has 106 valence electrons. The van der Waals surface area contributed by atoms with E-state index in [1.807, 2.05) is 26.8 Å². The second-order valence-corrected chi connectivity index (χ2v) is 5.59. The van der Waals surface area contributed by atoms with Gasteiger partial charge in [0.25, 0.3) is 0 Å². The predicted molar refractivity (Wildman–Crippen MR) is 77.2 cm³/mol. The zero-order valence-electron chi connectivity index (χ0n) is 11.6. The molecular formula is C15H16ClNO3. The Morgan fingerprint density at radius 2 is 2.15 bits per heavy atom. The smallest absolute Gasteiger partial charge is 0.373 e. The average molecular weight is 294 g/mol. The third kappa shape index (κ3) is 3.02. The summed E-state index contributed by atoms with van der Waals surface area (Å²) >= 11 is 5.97. The van der Waals surface area contributed by atoms with Crippen LogP contribution in [0.3, 0.4) is 0 Å². The van der Waals surface area contributed by atoms with Gasteiger partial charge in [-0.05, 0) is 37.0 Å². The number of aryl methyl sites for hydroxylation is 1. The standard InChI is InChI=1S/C15H16ClNO3/c1-8(2)6-12-13(15(18)19)20-14(17-12)11-7-10(16)5-4-9(11)3/h4-5,7-8H,6H2,1-3H3,(H,18,19). The maximum absolute atomic E-state index is 11.2. The molecule has 0 aliphatic heterocycles. The molecule has 0 fully saturated rings. The minimum Gasteiger partial charge on any atom is -0.475 e. The molecule has 1 N–H and O–H groups in total. The first-order chi connectivity index (χ1) is 9.38. The first-order valence-corrected chi connectivity index (χ1v) is 6.75. The van der Waals surface area contributed by atoms with Gasteiger partial charge < -0.3 is 9.52 Å². The molecule has 0 bridgehead atoms. The highest BCUT2D eigenvalue weighted by Gasteiger charge is 2.21. The van der Waals surface area contributed by atoms with Crippen molar-refractivity contribution in [2.24, 2.45) is 5.92 Å². The van der Waals surface area contributed by atoms with Gasteiger partial charge in [-0.2, -0.15) is 0 Å². The molecule has 0 atom stereocenters. The van der Waals surface area contributed by atoms with E-state index in [1.165, 1.54) is 0 Å². The van der Waals surface area contributed by atoms with E-state index in [9.17, 15) is 9.90 Å². The molecule has 4 nitrogen and oxygen atoms in total. The van der Waals surface area contributed by atoms with E-state index in [0.29, 0.717) is 28.9 Å². The summed E-state index contributed by atoms with van der Waals surface area (Å²) in [4.78, 5) is 15.6. The molecule has 0 aliphatic carbocycles. The number of nitrogens with zero attached hydrogens (tertiary/aromatic N) is 1. The van der Waals surface area contributed by atoms with Crippen LogP contribution in [0, 0.1) is 12.8 Å². The van der Waals surface area contributed by atoms with Crippen LogP contribution in [0.1, 0.15) is 35.7 Å². The molecule has 1 aromatic carbocycles. The summed E-state index contributed by atoms with van der Waals surface area (Å²) in [6.07, 6.45) is 0.560. The first-order valence-electron chi connectivity index (χ1n) is 6.38. The molecule has 0 radical (unpaired) electrons. The van der Waals surface area contributed by atoms with Crippen molar-refractivity contribution < 1.29 is 14.3 Å². The molecule has 1 heterocycles. The fourth-order valence-electron chi connectivity index (χ4n) is 1.98. The van der Waals surface area contributed by atoms with Gasteiger partial charge in [0, 0.05) is 10.6 Å². The molecule has 0 saturated heterocycles. The SMILES string of the molecule is Cc1ccc(Cl)cc1-c1nc(CC(C)C)c(C(=O)O)o1. The number of aromatic carboxylic acids is 1. The lowest BCUT2D eigenvalue weighted by Crippen LogP contribution is -2.03. The number of hydrogen-bond acceptors (Lipinski definition) is 3. The molecule has 1 aromatic heterocycles. The summed E-state index contributed by atoms with van der Waals surface area (Å²) in [7, 11) is 0. The number of oxazole rings is 1. The van der Waals surface area contributed by atoms with Gasteiger partial charge >= 0.3 is 5.97 Å². The van der Waals surface area contributed by atoms with Gasteiger partial charge in [-0.3, -0.25) is 0 Å². The second-order valence-electron chi connectivity index (χ2n) is 5.16. The summed E-state index contributed by atoms with van der Waals surface area (Å²) < 4.78 is 5.43. The minimum atomic E-state index is -1.10. The molecule has 20 heavy (non-hydrogen) atoms. The zero-order chi connectivity index (χ0) is 14.9. The average Bonchev–Trinajstić information content (AvgIpc) is 2.75. The Kier molecular flexibility index (Phi) is 4.14. The monoisotopic (exact) mass is 293 g/mol. The van der Waals surface area contributed by atoms with E-state index >= 15 is 0 Å². The van der Waals surface area contributed by atoms with Gasteiger partial charge in [0.15, 0.2) is 0 Å². The molecule has 0 saturated carbocycles. The van der Waals surface area contributed by atoms with E-state index in [4.69, 9.17) is 16.0 Å². The number of halogens is 1. The van der Waals surface area contributed by atoms with Crippen molar-refractivity contribution in [2.75, 3.05) is 0 Å². The highest BCUT2D eigenvalue weighted by molar-refractivity contribution is 6.30. The lowest BCUT2D eigenvalue weighted by molar-refractivity contribution is 0.0661. The fourth-order valence-corrected chi connectivity index (χ4v) is 2.16. The maximum Gasteiger partial charge on any atom is 0.373 e. The Morgan fingerprint density at radius 1 is 1.45 bits per heavy atom. The van der Waals surface area contributed by atoms with Crippen LogP contribution >= 0.6 is 11.6 Å². The lowest BCUT2D eigenvalue weighted by Gasteiger charge is -2.01. The van der Waals surface area contributed by atoms with Crippen LogP contribution in [0.2, 0.25) is 5.02 Å². The van der Waals surface area contributed by atoms with Gasteiger partial charge in [0.05, 0.1) is 5.69 Å². The molecule has 2 rings (SSSR count). The van der Waals surface area contributed by atoms with E-state index in [1.54, 1.807) is 12.1 Å². The van der Waals surface area contributed by atoms with Crippen molar-refractivity contribution >= 4 is 17.6 Å². The van der Waals surface area contributed by atoms with Crippen molar-refractivity contribution in [1.29, 1.82) is 0 Å². The summed E-state index contributed by atoms with van der Waals surface area (Å²) in [5, 5.41) is 9.76. The highest BCUT2D eigenvalue weighted by atomic mass is 35.5. The number of carboxylic acids is 1. The van der Waals surface area contributed by atoms with Crippen LogP contribution in [-0.2, 0) is 6.42 Å². The number of aromatic nitrogens is 1. The van der Waals surface area contributed by atoms with Gasteiger partial charge in [-0.25, -0.2) is 9.78 Å². The van der Waals surface area contributed by atoms with Crippen LogP contribution in [-0.4, -0.2) is 16.1 Å². The molecule has 2 aromatic rings. The maximum atomic E-state index is 11.2. The summed E-state index contributed by atoms with van der Waals surface area (Å²) in [6.45, 7) is 5.91. The molecule has 0 spiro atoms. The molecular weight excluding hydrogens is 278 g/mol. The van der Waals surface area contributed by atoms with Crippen LogP contribution in [0.25, 0.3) is 11.5 Å². The van der Waals surface area contributed by atoms with Gasteiger partial charge in [0.2, 0.25) is 11.7 Å². The van der Waals surface area contributed by atoms with Crippen LogP contribution < -0.4 is 0 Å². The zero-order valence-corrected chi connectivity index (χ0v) is 12.4. The normalized spacial score (nSPS) is 11.1. The van der Waals surface area contributed by atoms with Gasteiger partial charge in [0.1, 0.15) is 0 Å². The summed E-state index contributed by atoms with van der Waals surface area (Å²) in [5.41, 5.74) is 2.13. The predicted octanol–water partition coefficient (Wildman–Crippen LogP) is 4.20. The lowest BCUT2D eigenvalue weighted by atomic mass is 10.1. The second kappa shape index (κ2) is 5.67. The minimum absolute atomic E-state index is 0.0897. The van der Waals surface area contributed by atoms with Crippen molar-refractivity contribution in [1.82, 2.24) is 4.98 Å². The third-order valence-corrected chi connectivity index (χ3v) is 3.16. The van der Waals surface area contributed by atoms with E-state index in [0.717, 1.165) is 11.1 Å². The Morgan fingerprint density at radius 3 is 2.75 bits per heavy atom. The van der Waals surface area contributed by atoms with E-state index in [-0.39, 0.29) is 5.76 Å². The molecule has 5 heteroatoms. The van der Waals surface area contributed by atoms with Crippen LogP contribution in [0.15, 0.2) is 22.6 Å². The third-order valence-electron chi connectivity index (χ3n) is 2.92. The fraction of sp³-hybridized carbons (Fsp3) is 0.333. The van der Waals surface area contributed by atoms with Crippen LogP contribution in [0.4, 0.5) is 0 Å². The van der Waals surface area contributed by atoms with Crippen molar-refractivity contribution in [3.8, 4) is 11.5 Å². The van der Waals surface area contributed by atoms with Crippen molar-refractivity contribution in [3.05, 3.63) is 40.2 Å². The Hall–Kier alpha value is -1.81. The number of rotatable bonds is 4. The topological polar surface area (TPSA) is 63.3 Å². The van der Waals surface area contributed by atoms with Crippen LogP contribution in [0.5, 0.6) is 0 Å². The highest BCUT2D eigenvalue weighted by Crippen LogP contribution is 2.28. The van der Waals surface area contributed by atoms with Gasteiger partial charge in [-0.15, -0.1) is 0 Å². The number of carbonyl (C=O) groups is 1. The summed E-state index contributed by atoms with van der Waals surface area (Å²) in [6, 6.07) is 5.36. The summed E-state index contributed by atoms with van der Waals surface area (Å²) in [5.74, 6) is -0.586. The Bertz CT molecular complexity index is 647. The van der Waals surface area contributed by atoms with Gasteiger partial charge in [-0.1, -0.05) is 31.5 Å². The van der Waals surface area contributed by atoms with E-state index in [2.05, 4.69) is 4.98 Å².